The molecule has 0 fully saturated rings. The Morgan fingerprint density at radius 2 is 1.95 bits per heavy atom. The molecule has 11 heteroatoms. The van der Waals surface area contributed by atoms with Crippen molar-refractivity contribution in [2.24, 2.45) is 5.92 Å². The molecule has 3 rings (SSSR count). The van der Waals surface area contributed by atoms with Gasteiger partial charge in [-0.05, 0) is 36.6 Å². The van der Waals surface area contributed by atoms with Crippen LogP contribution in [0.5, 0.6) is 0 Å². The van der Waals surface area contributed by atoms with Gasteiger partial charge in [0.25, 0.3) is 5.91 Å². The number of carbonyl (C=O) groups is 2. The maximum Gasteiger partial charge on any atom is 0.371 e. The fraction of sp³-hybridized carbons (Fsp3) is 0.269. The molecule has 196 valence electrons. The van der Waals surface area contributed by atoms with Crippen LogP contribution in [0.4, 0.5) is 9.52 Å². The zero-order valence-corrected chi connectivity index (χ0v) is 22.6. The third-order valence-electron chi connectivity index (χ3n) is 5.22. The lowest BCUT2D eigenvalue weighted by molar-refractivity contribution is -0.135. The lowest BCUT2D eigenvalue weighted by Gasteiger charge is -2.09. The Labute approximate surface area is 227 Å². The normalized spacial score (nSPS) is 11.6. The number of carboxylic acid groups (broad SMARTS) is 1. The number of aromatic nitrogens is 1. The largest absolute Gasteiger partial charge is 0.490 e. The molecule has 0 spiro atoms. The highest BCUT2D eigenvalue weighted by Gasteiger charge is 2.18. The number of nitrogens with zero attached hydrogens (tertiary/aromatic N) is 1. The molecule has 0 saturated carbocycles. The molecule has 37 heavy (non-hydrogen) atoms. The lowest BCUT2D eigenvalue weighted by Crippen LogP contribution is -2.12. The maximum atomic E-state index is 15.1. The minimum absolute atomic E-state index is 0.0581. The van der Waals surface area contributed by atoms with Crippen LogP contribution in [0.15, 0.2) is 41.5 Å². The molecule has 0 aliphatic rings. The summed E-state index contributed by atoms with van der Waals surface area (Å²) >= 11 is 13.6. The van der Waals surface area contributed by atoms with Crippen molar-refractivity contribution in [1.82, 2.24) is 4.98 Å². The summed E-state index contributed by atoms with van der Waals surface area (Å²) in [6.07, 6.45) is 2.06. The monoisotopic (exact) mass is 566 g/mol. The van der Waals surface area contributed by atoms with E-state index in [2.05, 4.69) is 24.1 Å². The summed E-state index contributed by atoms with van der Waals surface area (Å²) in [7, 11) is 1.20. The molecule has 0 saturated heterocycles. The first kappa shape index (κ1) is 28.6. The van der Waals surface area contributed by atoms with E-state index in [-0.39, 0.29) is 38.7 Å². The van der Waals surface area contributed by atoms with Crippen molar-refractivity contribution in [2.45, 2.75) is 26.9 Å². The van der Waals surface area contributed by atoms with Crippen molar-refractivity contribution < 1.29 is 28.6 Å². The number of hydrogen-bond acceptors (Lipinski definition) is 6. The van der Waals surface area contributed by atoms with Crippen LogP contribution in [0, 0.1) is 11.7 Å². The number of thiazole rings is 1. The predicted molar refractivity (Wildman–Crippen MR) is 144 cm³/mol. The van der Waals surface area contributed by atoms with Gasteiger partial charge in [-0.15, -0.1) is 11.3 Å². The van der Waals surface area contributed by atoms with Crippen molar-refractivity contribution in [3.8, 4) is 11.3 Å². The number of halogens is 3. The molecule has 0 bridgehead atoms. The molecule has 0 unspecified atom stereocenters. The quantitative estimate of drug-likeness (QED) is 0.145. The van der Waals surface area contributed by atoms with Crippen LogP contribution in [0.3, 0.4) is 0 Å². The molecular weight excluding hydrogens is 542 g/mol. The fourth-order valence-electron chi connectivity index (χ4n) is 3.21. The minimum Gasteiger partial charge on any atom is -0.490 e. The van der Waals surface area contributed by atoms with E-state index in [0.29, 0.717) is 29.3 Å². The van der Waals surface area contributed by atoms with Crippen LogP contribution in [0.1, 0.15) is 41.8 Å². The van der Waals surface area contributed by atoms with E-state index >= 15 is 4.39 Å². The number of carboxylic acids is 1. The first-order chi connectivity index (χ1) is 17.6. The Hall–Kier alpha value is -2.98. The number of ether oxygens (including phenoxy) is 2. The summed E-state index contributed by atoms with van der Waals surface area (Å²) in [6.45, 7) is 4.90. The van der Waals surface area contributed by atoms with Gasteiger partial charge in [-0.25, -0.2) is 14.2 Å². The van der Waals surface area contributed by atoms with E-state index in [1.165, 1.54) is 25.3 Å². The highest BCUT2D eigenvalue weighted by Crippen LogP contribution is 2.31. The zero-order chi connectivity index (χ0) is 27.1. The number of benzene rings is 2. The van der Waals surface area contributed by atoms with Crippen molar-refractivity contribution >= 4 is 57.6 Å². The van der Waals surface area contributed by atoms with Gasteiger partial charge in [-0.1, -0.05) is 49.2 Å². The van der Waals surface area contributed by atoms with Crippen LogP contribution in [-0.2, 0) is 20.9 Å². The minimum atomic E-state index is -1.29. The smallest absolute Gasteiger partial charge is 0.371 e. The van der Waals surface area contributed by atoms with Crippen molar-refractivity contribution in [3.05, 3.63) is 74.0 Å². The van der Waals surface area contributed by atoms with Crippen molar-refractivity contribution in [3.63, 3.8) is 0 Å². The molecule has 1 heterocycles. The summed E-state index contributed by atoms with van der Waals surface area (Å²) in [6, 6.07) is 7.71. The van der Waals surface area contributed by atoms with Gasteiger partial charge in [0.15, 0.2) is 5.13 Å². The number of nitrogens with one attached hydrogen (secondary N) is 1. The first-order valence-electron chi connectivity index (χ1n) is 11.2. The molecule has 7 nitrogen and oxygen atoms in total. The number of rotatable bonds is 11. The van der Waals surface area contributed by atoms with Gasteiger partial charge in [-0.3, -0.25) is 10.1 Å². The van der Waals surface area contributed by atoms with Gasteiger partial charge in [0.05, 0.1) is 29.5 Å². The van der Waals surface area contributed by atoms with E-state index in [9.17, 15) is 9.59 Å². The summed E-state index contributed by atoms with van der Waals surface area (Å²) in [5, 5.41) is 13.8. The van der Waals surface area contributed by atoms with E-state index in [4.69, 9.17) is 37.8 Å². The van der Waals surface area contributed by atoms with Gasteiger partial charge >= 0.3 is 5.97 Å². The standard InChI is InChI=1S/C26H25Cl2FN2O5S/c1-14(2)7-8-36-12-15-5-4-6-17(23(15)29)21-13-37-26(30-21)31-24(32)16-9-19(27)18(20(28)10-16)11-22(35-3)25(33)34/h4-6,9-11,13-14H,7-8,12H2,1-3H3,(H,33,34)(H,30,31,32)/b22-11-. The Morgan fingerprint density at radius 3 is 2.57 bits per heavy atom. The molecule has 0 atom stereocenters. The number of carbonyl (C=O) groups excluding carboxylic acids is 1. The Kier molecular flexibility index (Phi) is 10.0. The molecule has 1 aromatic heterocycles. The van der Waals surface area contributed by atoms with Gasteiger partial charge < -0.3 is 14.6 Å². The van der Waals surface area contributed by atoms with Gasteiger partial charge in [0.2, 0.25) is 5.76 Å². The first-order valence-corrected chi connectivity index (χ1v) is 12.8. The SMILES string of the molecule is CO/C(=C\c1c(Cl)cc(C(=O)Nc2nc(-c3cccc(COCCC(C)C)c3F)cs2)cc1Cl)C(=O)O. The third-order valence-corrected chi connectivity index (χ3v) is 6.61. The Balaban J connectivity index is 1.75. The van der Waals surface area contributed by atoms with Crippen molar-refractivity contribution in [2.75, 3.05) is 19.0 Å². The number of anilines is 1. The zero-order valence-electron chi connectivity index (χ0n) is 20.3. The van der Waals surface area contributed by atoms with E-state index in [0.717, 1.165) is 17.8 Å². The fourth-order valence-corrected chi connectivity index (χ4v) is 4.51. The summed E-state index contributed by atoms with van der Waals surface area (Å²) in [5.41, 5.74) is 1.43. The molecule has 0 aliphatic heterocycles. The summed E-state index contributed by atoms with van der Waals surface area (Å²) < 4.78 is 25.5. The van der Waals surface area contributed by atoms with Crippen LogP contribution in [0.2, 0.25) is 10.0 Å². The summed E-state index contributed by atoms with van der Waals surface area (Å²) in [5.74, 6) is -2.12. The molecule has 2 aromatic carbocycles. The average molecular weight is 567 g/mol. The Bertz CT molecular complexity index is 1300. The van der Waals surface area contributed by atoms with Gasteiger partial charge in [-0.2, -0.15) is 0 Å². The molecule has 0 radical (unpaired) electrons. The van der Waals surface area contributed by atoms with E-state index in [1.54, 1.807) is 23.6 Å². The third kappa shape index (κ3) is 7.52. The molecular formula is C26H25Cl2FN2O5S. The molecule has 3 aromatic rings. The highest BCUT2D eigenvalue weighted by molar-refractivity contribution is 7.14. The lowest BCUT2D eigenvalue weighted by atomic mass is 10.1. The van der Waals surface area contributed by atoms with Gasteiger partial charge in [0, 0.05) is 34.2 Å². The number of aliphatic carboxylic acids is 1. The topological polar surface area (TPSA) is 97.8 Å². The van der Waals surface area contributed by atoms with Crippen LogP contribution in [-0.4, -0.2) is 35.7 Å². The van der Waals surface area contributed by atoms with E-state index in [1.807, 2.05) is 0 Å². The second kappa shape index (κ2) is 13.0. The van der Waals surface area contributed by atoms with Crippen LogP contribution >= 0.6 is 34.5 Å². The highest BCUT2D eigenvalue weighted by atomic mass is 35.5. The van der Waals surface area contributed by atoms with Gasteiger partial charge in [0.1, 0.15) is 5.82 Å². The second-order valence-corrected chi connectivity index (χ2v) is 10.0. The number of amides is 1. The number of methoxy groups -OCH3 is 1. The predicted octanol–water partition coefficient (Wildman–Crippen LogP) is 7.14. The maximum absolute atomic E-state index is 15.1. The Morgan fingerprint density at radius 1 is 1.24 bits per heavy atom. The molecule has 1 amide bonds. The molecule has 2 N–H and O–H groups in total. The average Bonchev–Trinajstić information content (AvgIpc) is 3.30. The van der Waals surface area contributed by atoms with Crippen LogP contribution in [0.25, 0.3) is 17.3 Å². The summed E-state index contributed by atoms with van der Waals surface area (Å²) in [4.78, 5) is 28.3. The van der Waals surface area contributed by atoms with Crippen molar-refractivity contribution in [1.29, 1.82) is 0 Å². The number of hydrogen-bond donors (Lipinski definition) is 2. The molecule has 0 aliphatic carbocycles. The van der Waals surface area contributed by atoms with E-state index < -0.39 is 17.7 Å². The van der Waals surface area contributed by atoms with Crippen LogP contribution < -0.4 is 5.32 Å². The second-order valence-electron chi connectivity index (χ2n) is 8.38.